The molecule has 2 saturated heterocycles. The van der Waals surface area contributed by atoms with Gasteiger partial charge in [0, 0.05) is 19.3 Å². The molecule has 96 heavy (non-hydrogen) atoms. The van der Waals surface area contributed by atoms with Crippen molar-refractivity contribution < 1.29 is 117 Å². The van der Waals surface area contributed by atoms with Gasteiger partial charge in [0.2, 0.25) is 0 Å². The van der Waals surface area contributed by atoms with E-state index in [2.05, 4.69) is 32.9 Å². The van der Waals surface area contributed by atoms with Crippen LogP contribution >= 0.6 is 7.82 Å². The van der Waals surface area contributed by atoms with Gasteiger partial charge in [0.1, 0.15) is 98.7 Å². The fourth-order valence-corrected chi connectivity index (χ4v) is 13.4. The van der Waals surface area contributed by atoms with Crippen LogP contribution in [-0.2, 0) is 61.2 Å². The van der Waals surface area contributed by atoms with Gasteiger partial charge in [0.15, 0.2) is 18.7 Å². The minimum atomic E-state index is -5.69. The maximum atomic E-state index is 14.3. The van der Waals surface area contributed by atoms with E-state index in [1.807, 2.05) is 0 Å². The summed E-state index contributed by atoms with van der Waals surface area (Å²) in [7, 11) is -5.69. The lowest BCUT2D eigenvalue weighted by Gasteiger charge is -2.49. The van der Waals surface area contributed by atoms with E-state index in [-0.39, 0.29) is 19.3 Å². The van der Waals surface area contributed by atoms with Crippen molar-refractivity contribution in [2.45, 2.75) is 395 Å². The molecule has 2 heterocycles. The number of rotatable bonds is 58. The third-order valence-electron chi connectivity index (χ3n) is 18.5. The number of aliphatic hydroxyl groups is 10. The summed E-state index contributed by atoms with van der Waals surface area (Å²) in [5.41, 5.74) is 0. The highest BCUT2D eigenvalue weighted by Gasteiger charge is 2.58. The normalized spacial score (nSPS) is 28.0. The van der Waals surface area contributed by atoms with E-state index in [1.165, 1.54) is 122 Å². The van der Waals surface area contributed by atoms with Gasteiger partial charge in [0.25, 0.3) is 0 Å². The Bertz CT molecular complexity index is 2040. The van der Waals surface area contributed by atoms with E-state index >= 15 is 0 Å². The highest BCUT2D eigenvalue weighted by Crippen LogP contribution is 2.49. The molecule has 11 N–H and O–H groups in total. The van der Waals surface area contributed by atoms with Crippen molar-refractivity contribution in [3.8, 4) is 0 Å². The van der Waals surface area contributed by atoms with Crippen LogP contribution in [0.3, 0.4) is 0 Å². The average Bonchev–Trinajstić information content (AvgIpc) is 0.768. The van der Waals surface area contributed by atoms with Gasteiger partial charge in [-0.2, -0.15) is 0 Å². The van der Waals surface area contributed by atoms with Crippen LogP contribution in [0, 0.1) is 0 Å². The summed E-state index contributed by atoms with van der Waals surface area (Å²) in [4.78, 5) is 51.0. The maximum Gasteiger partial charge on any atom is 0.472 e. The zero-order chi connectivity index (χ0) is 70.4. The number of hydrogen-bond donors (Lipinski definition) is 11. The van der Waals surface area contributed by atoms with Crippen LogP contribution in [0.15, 0.2) is 12.2 Å². The molecular formula is C71H131O24P. The van der Waals surface area contributed by atoms with Crippen molar-refractivity contribution in [1.82, 2.24) is 0 Å². The second kappa shape index (κ2) is 53.5. The highest BCUT2D eigenvalue weighted by atomic mass is 31.2. The molecule has 0 aromatic rings. The lowest BCUT2D eigenvalue weighted by Crippen LogP contribution is -2.69. The van der Waals surface area contributed by atoms with Crippen molar-refractivity contribution in [1.29, 1.82) is 0 Å². The second-order valence-corrected chi connectivity index (χ2v) is 28.4. The lowest BCUT2D eigenvalue weighted by molar-refractivity contribution is -0.360. The number of carbonyl (C=O) groups is 3. The molecule has 2 aliphatic heterocycles. The molecular weight excluding hydrogens is 1270 g/mol. The number of phosphoric ester groups is 1. The summed E-state index contributed by atoms with van der Waals surface area (Å²) in [6.45, 7) is 3.43. The lowest BCUT2D eigenvalue weighted by atomic mass is 9.84. The van der Waals surface area contributed by atoms with E-state index in [1.54, 1.807) is 0 Å². The molecule has 0 spiro atoms. The summed E-state index contributed by atoms with van der Waals surface area (Å²) in [6.07, 6.45) is 11.4. The summed E-state index contributed by atoms with van der Waals surface area (Å²) in [5.74, 6) is -1.99. The van der Waals surface area contributed by atoms with E-state index in [4.69, 9.17) is 42.2 Å². The number of phosphoric acid groups is 1. The smallest absolute Gasteiger partial charge is 0.463 e. The van der Waals surface area contributed by atoms with Gasteiger partial charge in [-0.25, -0.2) is 4.57 Å². The molecule has 0 bridgehead atoms. The van der Waals surface area contributed by atoms with Gasteiger partial charge in [0.05, 0.1) is 13.2 Å². The SMILES string of the molecule is CCCCCC/C=C\CCCCCCCCCC(=O)OC(COC(=O)CCCCCCCCCCCCCCCC)COP(=O)(O)OC1C(OC2OC(CO)C(O)C(O)C2O)C(O)C(O)C(O)C1OC1OC(COC(=O)CCCCCCCCCCCCCC)C(O)C(O)C1O. The van der Waals surface area contributed by atoms with Crippen LogP contribution < -0.4 is 0 Å². The van der Waals surface area contributed by atoms with Gasteiger partial charge in [-0.15, -0.1) is 0 Å². The fraction of sp³-hybridized carbons (Fsp3) is 0.930. The molecule has 25 heteroatoms. The van der Waals surface area contributed by atoms with Crippen molar-refractivity contribution in [2.24, 2.45) is 0 Å². The monoisotopic (exact) mass is 1400 g/mol. The van der Waals surface area contributed by atoms with Gasteiger partial charge in [-0.3, -0.25) is 23.4 Å². The number of allylic oxidation sites excluding steroid dienone is 2. The van der Waals surface area contributed by atoms with E-state index in [0.717, 1.165) is 109 Å². The Morgan fingerprint density at radius 1 is 0.396 bits per heavy atom. The predicted molar refractivity (Wildman–Crippen MR) is 361 cm³/mol. The standard InChI is InChI=1S/C71H131O24P/c1-4-7-10-13-16-19-22-25-27-29-32-35-38-41-44-47-57(75)90-52(49-87-55(73)45-42-39-36-34-31-28-26-23-20-17-14-11-8-5-2)50-89-96(85,86)95-69-67(93-70-65(83)60(78)58(76)53(48-72)91-70)63(81)62(80)64(82)68(69)94-71-66(84)61(79)59(77)54(92-71)51-88-56(74)46-43-40-37-33-30-24-21-18-15-12-9-6-3/h19,22,52-54,58-72,76-84H,4-18,20-21,23-51H2,1-3H3,(H,85,86)/b22-19-. The van der Waals surface area contributed by atoms with Crippen molar-refractivity contribution >= 4 is 25.7 Å². The van der Waals surface area contributed by atoms with Gasteiger partial charge >= 0.3 is 25.7 Å². The van der Waals surface area contributed by atoms with Crippen LogP contribution in [0.5, 0.6) is 0 Å². The summed E-state index contributed by atoms with van der Waals surface area (Å²) in [5, 5.41) is 110. The third kappa shape index (κ3) is 36.5. The predicted octanol–water partition coefficient (Wildman–Crippen LogP) is 9.96. The zero-order valence-corrected chi connectivity index (χ0v) is 59.6. The van der Waals surface area contributed by atoms with Gasteiger partial charge in [-0.1, -0.05) is 238 Å². The average molecular weight is 1400 g/mol. The zero-order valence-electron chi connectivity index (χ0n) is 58.7. The minimum Gasteiger partial charge on any atom is -0.463 e. The van der Waals surface area contributed by atoms with Crippen LogP contribution in [0.4, 0.5) is 0 Å². The Morgan fingerprint density at radius 2 is 0.729 bits per heavy atom. The summed E-state index contributed by atoms with van der Waals surface area (Å²) >= 11 is 0. The first kappa shape index (κ1) is 87.9. The van der Waals surface area contributed by atoms with E-state index in [9.17, 15) is 74.9 Å². The number of ether oxygens (including phenoxy) is 7. The first-order valence-electron chi connectivity index (χ1n) is 37.5. The summed E-state index contributed by atoms with van der Waals surface area (Å²) in [6, 6.07) is 0. The highest BCUT2D eigenvalue weighted by molar-refractivity contribution is 7.47. The van der Waals surface area contributed by atoms with Crippen LogP contribution in [0.25, 0.3) is 0 Å². The summed E-state index contributed by atoms with van der Waals surface area (Å²) < 4.78 is 65.0. The van der Waals surface area contributed by atoms with E-state index < -0.39 is 156 Å². The first-order valence-corrected chi connectivity index (χ1v) is 39.0. The molecule has 3 fully saturated rings. The Hall–Kier alpha value is -2.30. The molecule has 0 aromatic heterocycles. The van der Waals surface area contributed by atoms with Gasteiger partial charge < -0.3 is 89.1 Å². The number of carbonyl (C=O) groups excluding carboxylic acids is 3. The van der Waals surface area contributed by atoms with Crippen LogP contribution in [0.2, 0.25) is 0 Å². The molecule has 18 atom stereocenters. The first-order chi connectivity index (χ1) is 46.3. The van der Waals surface area contributed by atoms with Gasteiger partial charge in [-0.05, 0) is 44.9 Å². The minimum absolute atomic E-state index is 0.0318. The Kier molecular flexibility index (Phi) is 49.0. The third-order valence-corrected chi connectivity index (χ3v) is 19.5. The molecule has 564 valence electrons. The van der Waals surface area contributed by atoms with Crippen LogP contribution in [-0.4, -0.2) is 204 Å². The Balaban J connectivity index is 1.74. The topological polar surface area (TPSA) is 374 Å². The molecule has 24 nitrogen and oxygen atoms in total. The number of esters is 3. The molecule has 0 radical (unpaired) electrons. The molecule has 1 aliphatic carbocycles. The number of aliphatic hydroxyl groups excluding tert-OH is 10. The maximum absolute atomic E-state index is 14.3. The molecule has 3 aliphatic rings. The largest absolute Gasteiger partial charge is 0.472 e. The quantitative estimate of drug-likeness (QED) is 0.00886. The Labute approximate surface area is 573 Å². The molecule has 0 aromatic carbocycles. The van der Waals surface area contributed by atoms with Crippen LogP contribution in [0.1, 0.15) is 290 Å². The van der Waals surface area contributed by atoms with Crippen molar-refractivity contribution in [3.05, 3.63) is 12.2 Å². The fourth-order valence-electron chi connectivity index (χ4n) is 12.4. The number of hydrogen-bond acceptors (Lipinski definition) is 23. The van der Waals surface area contributed by atoms with Crippen molar-refractivity contribution in [2.75, 3.05) is 26.4 Å². The van der Waals surface area contributed by atoms with Crippen molar-refractivity contribution in [3.63, 3.8) is 0 Å². The Morgan fingerprint density at radius 3 is 1.14 bits per heavy atom. The second-order valence-electron chi connectivity index (χ2n) is 27.0. The molecule has 3 rings (SSSR count). The number of unbranched alkanes of at least 4 members (excludes halogenated alkanes) is 35. The molecule has 0 amide bonds. The van der Waals surface area contributed by atoms with E-state index in [0.29, 0.717) is 19.3 Å². The molecule has 1 saturated carbocycles. The molecule has 18 unspecified atom stereocenters.